The van der Waals surface area contributed by atoms with Crippen molar-refractivity contribution in [2.45, 2.75) is 6.92 Å². The number of benzodiazepines with no additional fused rings is 1. The quantitative estimate of drug-likeness (QED) is 0.766. The summed E-state index contributed by atoms with van der Waals surface area (Å²) in [7, 11) is 0. The second kappa shape index (κ2) is 7.56. The van der Waals surface area contributed by atoms with Gasteiger partial charge in [-0.3, -0.25) is 14.7 Å². The van der Waals surface area contributed by atoms with Gasteiger partial charge in [0.15, 0.2) is 5.88 Å². The first-order valence-corrected chi connectivity index (χ1v) is 9.62. The molecule has 0 bridgehead atoms. The first-order valence-electron chi connectivity index (χ1n) is 7.76. The number of rotatable bonds is 4. The highest BCUT2D eigenvalue weighted by atomic mass is 35.5. The van der Waals surface area contributed by atoms with E-state index in [2.05, 4.69) is 4.99 Å². The van der Waals surface area contributed by atoms with E-state index in [9.17, 15) is 13.7 Å². The minimum absolute atomic E-state index is 0.0734. The summed E-state index contributed by atoms with van der Waals surface area (Å²) in [4.78, 5) is 18.3. The van der Waals surface area contributed by atoms with Crippen LogP contribution in [0.15, 0.2) is 47.5 Å². The molecule has 0 saturated heterocycles. The number of carbonyl (C=O) groups is 1. The molecular formula is C18H16ClFN2O2S. The van der Waals surface area contributed by atoms with Crippen molar-refractivity contribution in [2.24, 2.45) is 4.99 Å². The molecule has 1 atom stereocenters. The van der Waals surface area contributed by atoms with Crippen LogP contribution in [0.1, 0.15) is 18.1 Å². The monoisotopic (exact) mass is 378 g/mol. The Morgan fingerprint density at radius 2 is 2.04 bits per heavy atom. The fourth-order valence-electron chi connectivity index (χ4n) is 2.65. The maximum Gasteiger partial charge on any atom is 0.252 e. The van der Waals surface area contributed by atoms with Crippen LogP contribution in [-0.4, -0.2) is 34.3 Å². The standard InChI is InChI=1S/C18H16ClFN2O2S/c1-2-25(24)11-22-16-8-7-12(19)9-14(16)18(21-10-17(22)23)13-5-3-4-6-15(13)20/h3-9H,2,10-11H2,1H3. The molecule has 130 valence electrons. The molecular weight excluding hydrogens is 363 g/mol. The van der Waals surface area contributed by atoms with Gasteiger partial charge >= 0.3 is 0 Å². The van der Waals surface area contributed by atoms with Gasteiger partial charge in [-0.15, -0.1) is 0 Å². The smallest absolute Gasteiger partial charge is 0.252 e. The van der Waals surface area contributed by atoms with Gasteiger partial charge in [-0.1, -0.05) is 23.7 Å². The van der Waals surface area contributed by atoms with Crippen LogP contribution in [0.3, 0.4) is 0 Å². The highest BCUT2D eigenvalue weighted by molar-refractivity contribution is 7.91. The van der Waals surface area contributed by atoms with E-state index >= 15 is 0 Å². The lowest BCUT2D eigenvalue weighted by Gasteiger charge is -2.23. The van der Waals surface area contributed by atoms with Gasteiger partial charge in [0.1, 0.15) is 18.1 Å². The predicted molar refractivity (Wildman–Crippen MR) is 99.4 cm³/mol. The molecule has 1 heterocycles. The summed E-state index contributed by atoms with van der Waals surface area (Å²) in [5, 5.41) is 0.453. The highest BCUT2D eigenvalue weighted by Crippen LogP contribution is 2.30. The Hall–Kier alpha value is -1.89. The minimum Gasteiger partial charge on any atom is -0.615 e. The second-order valence-corrected chi connectivity index (χ2v) is 7.64. The average molecular weight is 379 g/mol. The van der Waals surface area contributed by atoms with Crippen molar-refractivity contribution < 1.29 is 13.7 Å². The maximum atomic E-state index is 14.3. The molecule has 0 spiro atoms. The fraction of sp³-hybridized carbons (Fsp3) is 0.222. The summed E-state index contributed by atoms with van der Waals surface area (Å²) >= 11 is 4.95. The SMILES string of the molecule is CC[S+]([O-])CN1C(=O)CN=C(c2ccccc2F)c2cc(Cl)ccc21. The van der Waals surface area contributed by atoms with E-state index < -0.39 is 17.0 Å². The first-order chi connectivity index (χ1) is 12.0. The van der Waals surface area contributed by atoms with Crippen LogP contribution >= 0.6 is 11.6 Å². The summed E-state index contributed by atoms with van der Waals surface area (Å²) < 4.78 is 26.3. The van der Waals surface area contributed by atoms with Gasteiger partial charge in [0, 0.05) is 16.1 Å². The topological polar surface area (TPSA) is 55.7 Å². The van der Waals surface area contributed by atoms with Crippen LogP contribution in [0.25, 0.3) is 0 Å². The zero-order valence-electron chi connectivity index (χ0n) is 13.5. The number of anilines is 1. The van der Waals surface area contributed by atoms with Crippen molar-refractivity contribution in [3.05, 3.63) is 64.4 Å². The number of hydrogen-bond acceptors (Lipinski definition) is 3. The number of benzene rings is 2. The Bertz CT molecular complexity index is 844. The molecule has 0 fully saturated rings. The number of aliphatic imine (C=N–C) groups is 1. The molecule has 7 heteroatoms. The lowest BCUT2D eigenvalue weighted by atomic mass is 10.00. The maximum absolute atomic E-state index is 14.3. The van der Waals surface area contributed by atoms with Crippen LogP contribution < -0.4 is 4.90 Å². The molecule has 0 radical (unpaired) electrons. The minimum atomic E-state index is -1.18. The average Bonchev–Trinajstić information content (AvgIpc) is 2.73. The molecule has 3 rings (SSSR count). The zero-order chi connectivity index (χ0) is 18.0. The normalized spacial score (nSPS) is 15.4. The summed E-state index contributed by atoms with van der Waals surface area (Å²) in [6.07, 6.45) is 0. The molecule has 1 aliphatic rings. The van der Waals surface area contributed by atoms with Crippen molar-refractivity contribution in [2.75, 3.05) is 23.1 Å². The van der Waals surface area contributed by atoms with E-state index in [-0.39, 0.29) is 18.3 Å². The molecule has 25 heavy (non-hydrogen) atoms. The van der Waals surface area contributed by atoms with Crippen LogP contribution in [0.4, 0.5) is 10.1 Å². The number of amides is 1. The van der Waals surface area contributed by atoms with Crippen molar-refractivity contribution in [1.29, 1.82) is 0 Å². The molecule has 1 unspecified atom stereocenters. The number of halogens is 2. The van der Waals surface area contributed by atoms with Gasteiger partial charge in [-0.2, -0.15) is 0 Å². The Labute approximate surface area is 153 Å². The molecule has 4 nitrogen and oxygen atoms in total. The van der Waals surface area contributed by atoms with Crippen molar-refractivity contribution in [1.82, 2.24) is 0 Å². The Kier molecular flexibility index (Phi) is 5.42. The van der Waals surface area contributed by atoms with E-state index in [0.717, 1.165) is 0 Å². The van der Waals surface area contributed by atoms with E-state index in [1.54, 1.807) is 43.3 Å². The molecule has 0 N–H and O–H groups in total. The Morgan fingerprint density at radius 1 is 1.28 bits per heavy atom. The Balaban J connectivity index is 2.16. The summed E-state index contributed by atoms with van der Waals surface area (Å²) in [5.41, 5.74) is 1.76. The second-order valence-electron chi connectivity index (χ2n) is 5.49. The van der Waals surface area contributed by atoms with E-state index in [1.165, 1.54) is 11.0 Å². The molecule has 0 saturated carbocycles. The van der Waals surface area contributed by atoms with Gasteiger partial charge in [0.25, 0.3) is 5.91 Å². The number of nitrogens with zero attached hydrogens (tertiary/aromatic N) is 2. The summed E-state index contributed by atoms with van der Waals surface area (Å²) in [5.74, 6) is -0.195. The van der Waals surface area contributed by atoms with Gasteiger partial charge in [0.05, 0.1) is 11.4 Å². The van der Waals surface area contributed by atoms with Crippen molar-refractivity contribution in [3.63, 3.8) is 0 Å². The number of hydrogen-bond donors (Lipinski definition) is 0. The third-order valence-corrected chi connectivity index (χ3v) is 5.33. The van der Waals surface area contributed by atoms with Gasteiger partial charge < -0.3 is 4.55 Å². The molecule has 0 aromatic heterocycles. The third-order valence-electron chi connectivity index (χ3n) is 3.90. The van der Waals surface area contributed by atoms with Crippen LogP contribution in [0, 0.1) is 5.82 Å². The fourth-order valence-corrected chi connectivity index (χ4v) is 3.57. The van der Waals surface area contributed by atoms with Gasteiger partial charge in [-0.05, 0) is 48.4 Å². The highest BCUT2D eigenvalue weighted by Gasteiger charge is 2.28. The first kappa shape index (κ1) is 17.9. The lowest BCUT2D eigenvalue weighted by Crippen LogP contribution is -2.37. The third kappa shape index (κ3) is 3.71. The predicted octanol–water partition coefficient (Wildman–Crippen LogP) is 3.39. The summed E-state index contributed by atoms with van der Waals surface area (Å²) in [6, 6.07) is 11.3. The van der Waals surface area contributed by atoms with Crippen LogP contribution in [0.5, 0.6) is 0 Å². The van der Waals surface area contributed by atoms with E-state index in [4.69, 9.17) is 11.6 Å². The van der Waals surface area contributed by atoms with Crippen molar-refractivity contribution >= 4 is 40.1 Å². The lowest BCUT2D eigenvalue weighted by molar-refractivity contribution is -0.117. The molecule has 2 aromatic rings. The van der Waals surface area contributed by atoms with E-state index in [0.29, 0.717) is 33.3 Å². The van der Waals surface area contributed by atoms with E-state index in [1.807, 2.05) is 0 Å². The largest absolute Gasteiger partial charge is 0.615 e. The van der Waals surface area contributed by atoms with Crippen molar-refractivity contribution in [3.8, 4) is 0 Å². The van der Waals surface area contributed by atoms with Gasteiger partial charge in [0.2, 0.25) is 0 Å². The number of carbonyl (C=O) groups excluding carboxylic acids is 1. The molecule has 2 aromatic carbocycles. The van der Waals surface area contributed by atoms with Crippen LogP contribution in [0.2, 0.25) is 5.02 Å². The van der Waals surface area contributed by atoms with Gasteiger partial charge in [-0.25, -0.2) is 4.39 Å². The molecule has 0 aliphatic carbocycles. The van der Waals surface area contributed by atoms with Crippen LogP contribution in [-0.2, 0) is 16.0 Å². The Morgan fingerprint density at radius 3 is 2.76 bits per heavy atom. The zero-order valence-corrected chi connectivity index (χ0v) is 15.1. The summed E-state index contributed by atoms with van der Waals surface area (Å²) in [6.45, 7) is 1.65. The molecule has 1 aliphatic heterocycles. The molecule has 1 amide bonds. The number of fused-ring (bicyclic) bond motifs is 1.